The Balaban J connectivity index is 1.45. The fraction of sp³-hybridized carbons (Fsp3) is 0.875. The molecule has 5 nitrogen and oxygen atoms in total. The van der Waals surface area contributed by atoms with Crippen LogP contribution < -0.4 is 5.32 Å². The van der Waals surface area contributed by atoms with Crippen molar-refractivity contribution in [2.75, 3.05) is 32.7 Å². The van der Waals surface area contributed by atoms with E-state index in [2.05, 4.69) is 0 Å². The Hall–Kier alpha value is -1.47. The first kappa shape index (κ1) is 17.4. The maximum Gasteiger partial charge on any atom is 0.405 e. The van der Waals surface area contributed by atoms with E-state index in [1.54, 1.807) is 0 Å². The van der Waals surface area contributed by atoms with Crippen LogP contribution in [0.15, 0.2) is 0 Å². The number of halogens is 3. The molecule has 0 aromatic heterocycles. The van der Waals surface area contributed by atoms with Crippen LogP contribution in [0.3, 0.4) is 0 Å². The topological polar surface area (TPSA) is 52.7 Å². The van der Waals surface area contributed by atoms with Crippen molar-refractivity contribution >= 4 is 11.9 Å². The highest BCUT2D eigenvalue weighted by Crippen LogP contribution is 2.60. The van der Waals surface area contributed by atoms with Crippen molar-refractivity contribution in [1.82, 2.24) is 15.1 Å². The molecule has 3 aliphatic rings. The minimum Gasteiger partial charge on any atom is -0.342 e. The summed E-state index contributed by atoms with van der Waals surface area (Å²) in [7, 11) is 0. The largest absolute Gasteiger partial charge is 0.405 e. The molecule has 136 valence electrons. The summed E-state index contributed by atoms with van der Waals surface area (Å²) in [6.07, 6.45) is 1.20. The Morgan fingerprint density at radius 3 is 2.21 bits per heavy atom. The maximum atomic E-state index is 12.6. The van der Waals surface area contributed by atoms with Crippen molar-refractivity contribution in [1.29, 1.82) is 0 Å². The van der Waals surface area contributed by atoms with E-state index in [0.717, 1.165) is 32.4 Å². The molecule has 0 aromatic carbocycles. The second kappa shape index (κ2) is 6.44. The Bertz CT molecular complexity index is 495. The van der Waals surface area contributed by atoms with Gasteiger partial charge >= 0.3 is 12.2 Å². The quantitative estimate of drug-likeness (QED) is 0.834. The van der Waals surface area contributed by atoms with Gasteiger partial charge in [-0.1, -0.05) is 0 Å². The first-order valence-corrected chi connectivity index (χ1v) is 8.69. The van der Waals surface area contributed by atoms with E-state index in [4.69, 9.17) is 0 Å². The number of urea groups is 1. The second-order valence-corrected chi connectivity index (χ2v) is 7.27. The van der Waals surface area contributed by atoms with Crippen molar-refractivity contribution in [2.45, 2.75) is 44.7 Å². The van der Waals surface area contributed by atoms with Gasteiger partial charge in [0.1, 0.15) is 6.54 Å². The molecule has 0 aromatic rings. The molecule has 24 heavy (non-hydrogen) atoms. The Labute approximate surface area is 139 Å². The predicted molar refractivity (Wildman–Crippen MR) is 81.2 cm³/mol. The lowest BCUT2D eigenvalue weighted by molar-refractivity contribution is -0.134. The number of likely N-dealkylation sites (tertiary alicyclic amines) is 2. The monoisotopic (exact) mass is 347 g/mol. The van der Waals surface area contributed by atoms with Gasteiger partial charge in [-0.25, -0.2) is 4.79 Å². The highest BCUT2D eigenvalue weighted by molar-refractivity contribution is 5.83. The molecule has 1 saturated carbocycles. The first-order chi connectivity index (χ1) is 11.3. The zero-order valence-corrected chi connectivity index (χ0v) is 13.7. The van der Waals surface area contributed by atoms with Crippen molar-refractivity contribution in [3.05, 3.63) is 0 Å². The van der Waals surface area contributed by atoms with Gasteiger partial charge in [0, 0.05) is 32.1 Å². The van der Waals surface area contributed by atoms with E-state index in [1.807, 2.05) is 10.2 Å². The number of alkyl halides is 3. The molecule has 3 rings (SSSR count). The molecule has 8 heteroatoms. The number of hydrogen-bond donors (Lipinski definition) is 1. The van der Waals surface area contributed by atoms with Crippen LogP contribution in [-0.2, 0) is 4.79 Å². The van der Waals surface area contributed by atoms with Crippen molar-refractivity contribution in [2.24, 2.45) is 11.3 Å². The van der Waals surface area contributed by atoms with Crippen LogP contribution in [0.1, 0.15) is 38.5 Å². The third kappa shape index (κ3) is 3.78. The molecule has 1 atom stereocenters. The summed E-state index contributed by atoms with van der Waals surface area (Å²) in [5.41, 5.74) is -0.0185. The molecule has 2 heterocycles. The third-order valence-corrected chi connectivity index (χ3v) is 5.64. The Morgan fingerprint density at radius 1 is 1.00 bits per heavy atom. The van der Waals surface area contributed by atoms with Crippen molar-refractivity contribution in [3.63, 3.8) is 0 Å². The molecule has 1 aliphatic carbocycles. The molecular weight excluding hydrogens is 323 g/mol. The minimum atomic E-state index is -4.39. The van der Waals surface area contributed by atoms with Crippen LogP contribution in [0.25, 0.3) is 0 Å². The van der Waals surface area contributed by atoms with Gasteiger partial charge in [-0.3, -0.25) is 4.79 Å². The van der Waals surface area contributed by atoms with Crippen LogP contribution in [0.2, 0.25) is 0 Å². The van der Waals surface area contributed by atoms with E-state index in [0.29, 0.717) is 25.9 Å². The molecule has 1 unspecified atom stereocenters. The van der Waals surface area contributed by atoms with Gasteiger partial charge in [0.2, 0.25) is 5.91 Å². The Morgan fingerprint density at radius 2 is 1.62 bits per heavy atom. The predicted octanol–water partition coefficient (Wildman–Crippen LogP) is 2.37. The standard InChI is InChI=1S/C16H24F3N3O2/c17-16(18,19)11-20-14(24)22-8-4-15(5-9-22)10-12(15)13(23)21-6-2-1-3-7-21/h12H,1-11H2,(H,20,24). The van der Waals surface area contributed by atoms with Crippen LogP contribution in [0.4, 0.5) is 18.0 Å². The van der Waals surface area contributed by atoms with Gasteiger partial charge in [-0.15, -0.1) is 0 Å². The zero-order chi connectivity index (χ0) is 17.4. The maximum absolute atomic E-state index is 12.6. The number of nitrogens with zero attached hydrogens (tertiary/aromatic N) is 2. The SMILES string of the molecule is O=C(NCC(F)(F)F)N1CCC2(CC1)CC2C(=O)N1CCCCC1. The molecule has 3 amide bonds. The van der Waals surface area contributed by atoms with Gasteiger partial charge in [0.25, 0.3) is 0 Å². The van der Waals surface area contributed by atoms with Gasteiger partial charge in [-0.2, -0.15) is 13.2 Å². The Kier molecular flexibility index (Phi) is 4.66. The summed E-state index contributed by atoms with van der Waals surface area (Å²) in [6.45, 7) is 1.24. The highest BCUT2D eigenvalue weighted by Gasteiger charge is 2.59. The number of piperidine rings is 2. The molecule has 1 spiro atoms. The fourth-order valence-corrected chi connectivity index (χ4v) is 4.03. The van der Waals surface area contributed by atoms with Crippen LogP contribution in [0.5, 0.6) is 0 Å². The molecular formula is C16H24F3N3O2. The van der Waals surface area contributed by atoms with Crippen molar-refractivity contribution in [3.8, 4) is 0 Å². The number of hydrogen-bond acceptors (Lipinski definition) is 2. The lowest BCUT2D eigenvalue weighted by Crippen LogP contribution is -2.48. The lowest BCUT2D eigenvalue weighted by Gasteiger charge is -2.34. The number of rotatable bonds is 2. The average Bonchev–Trinajstić information content (AvgIpc) is 3.26. The third-order valence-electron chi connectivity index (χ3n) is 5.64. The average molecular weight is 347 g/mol. The van der Waals surface area contributed by atoms with Gasteiger partial charge in [0.15, 0.2) is 0 Å². The van der Waals surface area contributed by atoms with Crippen LogP contribution in [0, 0.1) is 11.3 Å². The van der Waals surface area contributed by atoms with Crippen molar-refractivity contribution < 1.29 is 22.8 Å². The van der Waals surface area contributed by atoms with E-state index in [1.165, 1.54) is 11.3 Å². The van der Waals surface area contributed by atoms with E-state index >= 15 is 0 Å². The fourth-order valence-electron chi connectivity index (χ4n) is 4.03. The summed E-state index contributed by atoms with van der Waals surface area (Å²) in [6, 6.07) is -0.665. The number of carbonyl (C=O) groups excluding carboxylic acids is 2. The number of amides is 3. The second-order valence-electron chi connectivity index (χ2n) is 7.27. The van der Waals surface area contributed by atoms with Gasteiger partial charge in [-0.05, 0) is 43.9 Å². The van der Waals surface area contributed by atoms with E-state index < -0.39 is 18.8 Å². The minimum absolute atomic E-state index is 0.0185. The molecule has 1 N–H and O–H groups in total. The van der Waals surface area contributed by atoms with E-state index in [9.17, 15) is 22.8 Å². The molecule has 0 bridgehead atoms. The summed E-state index contributed by atoms with van der Waals surface area (Å²) < 4.78 is 36.5. The summed E-state index contributed by atoms with van der Waals surface area (Å²) >= 11 is 0. The van der Waals surface area contributed by atoms with E-state index in [-0.39, 0.29) is 17.2 Å². The van der Waals surface area contributed by atoms with Crippen LogP contribution >= 0.6 is 0 Å². The van der Waals surface area contributed by atoms with Gasteiger partial charge < -0.3 is 15.1 Å². The summed E-state index contributed by atoms with van der Waals surface area (Å²) in [5, 5.41) is 1.91. The number of nitrogens with one attached hydrogen (secondary N) is 1. The zero-order valence-electron chi connectivity index (χ0n) is 13.7. The normalized spacial score (nSPS) is 26.4. The van der Waals surface area contributed by atoms with Gasteiger partial charge in [0.05, 0.1) is 0 Å². The number of carbonyl (C=O) groups is 2. The molecule has 0 radical (unpaired) electrons. The summed E-state index contributed by atoms with van der Waals surface area (Å²) in [4.78, 5) is 27.7. The van der Waals surface area contributed by atoms with Crippen LogP contribution in [-0.4, -0.2) is 60.6 Å². The molecule has 2 saturated heterocycles. The smallest absolute Gasteiger partial charge is 0.342 e. The lowest BCUT2D eigenvalue weighted by atomic mass is 9.90. The first-order valence-electron chi connectivity index (χ1n) is 8.69. The molecule has 3 fully saturated rings. The molecule has 2 aliphatic heterocycles. The summed E-state index contributed by atoms with van der Waals surface area (Å²) in [5.74, 6) is 0.292. The highest BCUT2D eigenvalue weighted by atomic mass is 19.4.